The molecular weight excluding hydrogens is 280 g/mol. The van der Waals surface area contributed by atoms with Crippen molar-refractivity contribution in [1.82, 2.24) is 14.9 Å². The van der Waals surface area contributed by atoms with Crippen LogP contribution >= 0.6 is 0 Å². The van der Waals surface area contributed by atoms with E-state index in [0.717, 1.165) is 25.9 Å². The van der Waals surface area contributed by atoms with Crippen molar-refractivity contribution in [2.24, 2.45) is 5.41 Å². The molecule has 6 heteroatoms. The average Bonchev–Trinajstić information content (AvgIpc) is 3.03. The van der Waals surface area contributed by atoms with E-state index in [0.29, 0.717) is 0 Å². The largest absolute Gasteiger partial charge is 0.382 e. The Hall–Kier alpha value is -1.69. The van der Waals surface area contributed by atoms with Crippen LogP contribution in [0.4, 0.5) is 5.82 Å². The molecule has 1 spiro atoms. The molecule has 2 aliphatic rings. The minimum atomic E-state index is -0.142. The number of hydrogen-bond acceptors (Lipinski definition) is 5. The summed E-state index contributed by atoms with van der Waals surface area (Å²) in [6.45, 7) is 2.76. The second-order valence-electron chi connectivity index (χ2n) is 6.34. The number of rotatable bonds is 4. The lowest BCUT2D eigenvalue weighted by atomic mass is 9.60. The molecule has 22 heavy (non-hydrogen) atoms. The van der Waals surface area contributed by atoms with E-state index in [9.17, 15) is 4.79 Å². The van der Waals surface area contributed by atoms with Crippen LogP contribution in [0.5, 0.6) is 0 Å². The molecule has 0 bridgehead atoms. The fraction of sp³-hybridized carbons (Fsp3) is 0.688. The summed E-state index contributed by atoms with van der Waals surface area (Å²) in [4.78, 5) is 22.6. The van der Waals surface area contributed by atoms with Crippen molar-refractivity contribution in [2.75, 3.05) is 19.4 Å². The number of aromatic nitrogens is 2. The van der Waals surface area contributed by atoms with Gasteiger partial charge in [0.05, 0.1) is 6.10 Å². The number of nitrogens with zero attached hydrogens (tertiary/aromatic N) is 3. The molecule has 3 rings (SSSR count). The third kappa shape index (κ3) is 2.26. The number of anilines is 1. The van der Waals surface area contributed by atoms with Gasteiger partial charge in [-0.15, -0.1) is 0 Å². The van der Waals surface area contributed by atoms with E-state index in [1.165, 1.54) is 25.2 Å². The van der Waals surface area contributed by atoms with Gasteiger partial charge in [-0.05, 0) is 26.2 Å². The van der Waals surface area contributed by atoms with Gasteiger partial charge in [0, 0.05) is 37.5 Å². The van der Waals surface area contributed by atoms with Crippen molar-refractivity contribution in [3.8, 4) is 0 Å². The minimum absolute atomic E-state index is 0.122. The van der Waals surface area contributed by atoms with E-state index in [1.807, 2.05) is 14.0 Å². The minimum Gasteiger partial charge on any atom is -0.382 e. The molecule has 1 aromatic heterocycles. The molecule has 2 atom stereocenters. The molecule has 0 aliphatic heterocycles. The first kappa shape index (κ1) is 15.2. The maximum atomic E-state index is 12.7. The number of amides is 1. The van der Waals surface area contributed by atoms with E-state index in [1.54, 1.807) is 4.90 Å². The highest BCUT2D eigenvalue weighted by Gasteiger charge is 2.59. The summed E-state index contributed by atoms with van der Waals surface area (Å²) in [5.74, 6) is 0.0531. The number of nitrogen functional groups attached to an aromatic ring is 1. The van der Waals surface area contributed by atoms with Crippen LogP contribution in [-0.4, -0.2) is 46.6 Å². The molecule has 0 aromatic carbocycles. The fourth-order valence-corrected chi connectivity index (χ4v) is 4.22. The van der Waals surface area contributed by atoms with Gasteiger partial charge < -0.3 is 15.4 Å². The summed E-state index contributed by atoms with van der Waals surface area (Å²) < 4.78 is 5.91. The third-order valence-corrected chi connectivity index (χ3v) is 5.36. The van der Waals surface area contributed by atoms with Crippen LogP contribution in [0, 0.1) is 5.41 Å². The van der Waals surface area contributed by atoms with Gasteiger partial charge in [-0.1, -0.05) is 12.8 Å². The maximum Gasteiger partial charge on any atom is 0.276 e. The Morgan fingerprint density at radius 3 is 2.73 bits per heavy atom. The quantitative estimate of drug-likeness (QED) is 0.918. The molecule has 2 fully saturated rings. The monoisotopic (exact) mass is 304 g/mol. The van der Waals surface area contributed by atoms with Crippen LogP contribution in [0.3, 0.4) is 0 Å². The predicted molar refractivity (Wildman–Crippen MR) is 83.3 cm³/mol. The number of hydrogen-bond donors (Lipinski definition) is 1. The van der Waals surface area contributed by atoms with E-state index >= 15 is 0 Å². The lowest BCUT2D eigenvalue weighted by Crippen LogP contribution is -2.64. The highest BCUT2D eigenvalue weighted by atomic mass is 16.5. The number of carbonyl (C=O) groups is 1. The molecule has 2 unspecified atom stereocenters. The zero-order valence-corrected chi connectivity index (χ0v) is 13.3. The number of nitrogens with two attached hydrogens (primary N) is 1. The van der Waals surface area contributed by atoms with Crippen molar-refractivity contribution in [1.29, 1.82) is 0 Å². The van der Waals surface area contributed by atoms with Gasteiger partial charge in [-0.3, -0.25) is 4.79 Å². The van der Waals surface area contributed by atoms with Crippen LogP contribution in [0.1, 0.15) is 49.5 Å². The van der Waals surface area contributed by atoms with E-state index in [4.69, 9.17) is 10.5 Å². The summed E-state index contributed by atoms with van der Waals surface area (Å²) in [5.41, 5.74) is 6.16. The predicted octanol–water partition coefficient (Wildman–Crippen LogP) is 1.87. The van der Waals surface area contributed by atoms with Crippen molar-refractivity contribution in [2.45, 2.75) is 51.2 Å². The van der Waals surface area contributed by atoms with Crippen LogP contribution < -0.4 is 5.73 Å². The average molecular weight is 304 g/mol. The molecule has 120 valence electrons. The molecule has 1 heterocycles. The smallest absolute Gasteiger partial charge is 0.276 e. The van der Waals surface area contributed by atoms with Crippen molar-refractivity contribution < 1.29 is 9.53 Å². The normalized spacial score (nSPS) is 25.9. The zero-order chi connectivity index (χ0) is 15.7. The third-order valence-electron chi connectivity index (χ3n) is 5.36. The van der Waals surface area contributed by atoms with Gasteiger partial charge >= 0.3 is 0 Å². The second-order valence-corrected chi connectivity index (χ2v) is 6.34. The Kier molecular flexibility index (Phi) is 4.04. The number of ether oxygens (including phenoxy) is 1. The first-order valence-electron chi connectivity index (χ1n) is 8.05. The molecule has 2 saturated carbocycles. The van der Waals surface area contributed by atoms with Gasteiger partial charge in [0.2, 0.25) is 0 Å². The van der Waals surface area contributed by atoms with Crippen molar-refractivity contribution >= 4 is 11.7 Å². The molecule has 0 radical (unpaired) electrons. The number of carbonyl (C=O) groups excluding carboxylic acids is 1. The Labute approximate surface area is 131 Å². The highest BCUT2D eigenvalue weighted by molar-refractivity contribution is 5.96. The standard InChI is InChI=1S/C16H24N4O2/c1-3-22-12-10-11(16(12)6-4-5-7-16)20(2)15(21)13-14(17)19-9-8-18-13/h8-9,11-12H,3-7,10H2,1-2H3,(H2,17,19). The topological polar surface area (TPSA) is 81.3 Å². The fourth-order valence-electron chi connectivity index (χ4n) is 4.22. The van der Waals surface area contributed by atoms with Gasteiger partial charge in [0.15, 0.2) is 11.5 Å². The van der Waals surface area contributed by atoms with E-state index in [-0.39, 0.29) is 35.0 Å². The van der Waals surface area contributed by atoms with E-state index < -0.39 is 0 Å². The molecular formula is C16H24N4O2. The summed E-state index contributed by atoms with van der Waals surface area (Å²) in [5, 5.41) is 0. The van der Waals surface area contributed by atoms with Gasteiger partial charge in [-0.25, -0.2) is 9.97 Å². The molecule has 1 aromatic rings. The van der Waals surface area contributed by atoms with Crippen LogP contribution in [0.15, 0.2) is 12.4 Å². The Bertz CT molecular complexity index is 557. The SMILES string of the molecule is CCOC1CC(N(C)C(=O)c2nccnc2N)C12CCCC2. The first-order chi connectivity index (χ1) is 10.6. The van der Waals surface area contributed by atoms with Crippen LogP contribution in [0.25, 0.3) is 0 Å². The van der Waals surface area contributed by atoms with Crippen LogP contribution in [0.2, 0.25) is 0 Å². The summed E-state index contributed by atoms with van der Waals surface area (Å²) >= 11 is 0. The summed E-state index contributed by atoms with van der Waals surface area (Å²) in [6, 6.07) is 0.209. The molecule has 6 nitrogen and oxygen atoms in total. The lowest BCUT2D eigenvalue weighted by molar-refractivity contribution is -0.152. The first-order valence-corrected chi connectivity index (χ1v) is 8.05. The summed E-state index contributed by atoms with van der Waals surface area (Å²) in [7, 11) is 1.85. The lowest BCUT2D eigenvalue weighted by Gasteiger charge is -2.56. The zero-order valence-electron chi connectivity index (χ0n) is 13.3. The molecule has 2 N–H and O–H groups in total. The highest BCUT2D eigenvalue weighted by Crippen LogP contribution is 2.56. The molecule has 0 saturated heterocycles. The molecule has 1 amide bonds. The van der Waals surface area contributed by atoms with E-state index in [2.05, 4.69) is 9.97 Å². The van der Waals surface area contributed by atoms with Crippen molar-refractivity contribution in [3.05, 3.63) is 18.1 Å². The summed E-state index contributed by atoms with van der Waals surface area (Å²) in [6.07, 6.45) is 8.89. The van der Waals surface area contributed by atoms with Gasteiger partial charge in [-0.2, -0.15) is 0 Å². The Balaban J connectivity index is 1.79. The molecule has 2 aliphatic carbocycles. The van der Waals surface area contributed by atoms with Crippen molar-refractivity contribution in [3.63, 3.8) is 0 Å². The second kappa shape index (κ2) is 5.83. The Morgan fingerprint density at radius 2 is 2.09 bits per heavy atom. The van der Waals surface area contributed by atoms with Gasteiger partial charge in [0.25, 0.3) is 5.91 Å². The Morgan fingerprint density at radius 1 is 1.41 bits per heavy atom. The maximum absolute atomic E-state index is 12.7. The van der Waals surface area contributed by atoms with Crippen LogP contribution in [-0.2, 0) is 4.74 Å². The van der Waals surface area contributed by atoms with Gasteiger partial charge in [0.1, 0.15) is 0 Å².